The molecule has 0 spiro atoms. The fraction of sp³-hybridized carbons (Fsp3) is 0.643. The normalized spacial score (nSPS) is 39.2. The van der Waals surface area contributed by atoms with E-state index in [1.165, 1.54) is 24.8 Å². The first-order valence-corrected chi connectivity index (χ1v) is 5.99. The van der Waals surface area contributed by atoms with Crippen molar-refractivity contribution >= 4 is 5.78 Å². The van der Waals surface area contributed by atoms with Crippen molar-refractivity contribution in [3.63, 3.8) is 0 Å². The molecule has 0 aromatic heterocycles. The molecular weight excluding hydrogens is 184 g/mol. The van der Waals surface area contributed by atoms with E-state index in [9.17, 15) is 4.79 Å². The van der Waals surface area contributed by atoms with E-state index in [4.69, 9.17) is 0 Å². The minimum absolute atomic E-state index is 0.105. The Bertz CT molecular complexity index is 326. The highest BCUT2D eigenvalue weighted by Crippen LogP contribution is 2.59. The van der Waals surface area contributed by atoms with Crippen molar-refractivity contribution < 1.29 is 4.79 Å². The maximum absolute atomic E-state index is 11.3. The van der Waals surface area contributed by atoms with Crippen LogP contribution in [0.15, 0.2) is 24.3 Å². The second-order valence-electron chi connectivity index (χ2n) is 5.17. The summed E-state index contributed by atoms with van der Waals surface area (Å²) >= 11 is 0. The van der Waals surface area contributed by atoms with Gasteiger partial charge in [0.05, 0.1) is 0 Å². The largest absolute Gasteiger partial charge is 0.295 e. The van der Waals surface area contributed by atoms with Crippen LogP contribution in [0, 0.1) is 17.3 Å². The van der Waals surface area contributed by atoms with Crippen LogP contribution in [-0.4, -0.2) is 5.78 Å². The Morgan fingerprint density at radius 2 is 2.33 bits per heavy atom. The lowest BCUT2D eigenvalue weighted by atomic mass is 9.71. The van der Waals surface area contributed by atoms with Crippen molar-refractivity contribution in [1.82, 2.24) is 0 Å². The molecule has 15 heavy (non-hydrogen) atoms. The number of hydrogen-bond donors (Lipinski definition) is 0. The van der Waals surface area contributed by atoms with E-state index in [1.54, 1.807) is 6.08 Å². The zero-order valence-electron chi connectivity index (χ0n) is 9.75. The molecule has 0 saturated heterocycles. The van der Waals surface area contributed by atoms with Crippen LogP contribution < -0.4 is 0 Å². The molecule has 2 aliphatic carbocycles. The van der Waals surface area contributed by atoms with Gasteiger partial charge in [0, 0.05) is 11.8 Å². The molecule has 1 nitrogen and oxygen atoms in total. The number of carbonyl (C=O) groups excluding carboxylic acids is 1. The van der Waals surface area contributed by atoms with Crippen LogP contribution in [0.4, 0.5) is 0 Å². The van der Waals surface area contributed by atoms with Gasteiger partial charge in [-0.15, -0.1) is 0 Å². The number of carbonyl (C=O) groups is 1. The predicted molar refractivity (Wildman–Crippen MR) is 62.5 cm³/mol. The summed E-state index contributed by atoms with van der Waals surface area (Å²) in [6, 6.07) is 0. The second-order valence-corrected chi connectivity index (χ2v) is 5.17. The van der Waals surface area contributed by atoms with E-state index in [0.29, 0.717) is 6.42 Å². The Hall–Kier alpha value is -0.850. The smallest absolute Gasteiger partial charge is 0.155 e. The summed E-state index contributed by atoms with van der Waals surface area (Å²) in [6.07, 6.45) is 8.41. The quantitative estimate of drug-likeness (QED) is 0.508. The van der Waals surface area contributed by atoms with Gasteiger partial charge in [0.15, 0.2) is 5.78 Å². The lowest BCUT2D eigenvalue weighted by Gasteiger charge is -2.33. The van der Waals surface area contributed by atoms with Gasteiger partial charge in [-0.25, -0.2) is 0 Å². The molecule has 0 amide bonds. The van der Waals surface area contributed by atoms with Crippen LogP contribution in [0.1, 0.15) is 39.5 Å². The van der Waals surface area contributed by atoms with Crippen molar-refractivity contribution in [1.29, 1.82) is 0 Å². The molecule has 3 atom stereocenters. The van der Waals surface area contributed by atoms with Crippen molar-refractivity contribution in [2.45, 2.75) is 39.5 Å². The standard InChI is InChI=1S/C14H20O/c1-4-13(15)7-8-14(3)10(2)11-5-6-12(14)9-11/h7-8,11-12H,2,4-6,9H2,1,3H3/b8-7+/t11-,12+,14+/m1/s1. The van der Waals surface area contributed by atoms with Gasteiger partial charge in [-0.2, -0.15) is 0 Å². The maximum atomic E-state index is 11.3. The highest BCUT2D eigenvalue weighted by atomic mass is 16.1. The van der Waals surface area contributed by atoms with Crippen molar-refractivity contribution in [3.05, 3.63) is 24.3 Å². The molecule has 1 heteroatoms. The molecule has 0 aromatic carbocycles. The number of allylic oxidation sites excluding steroid dienone is 3. The minimum atomic E-state index is 0.105. The van der Waals surface area contributed by atoms with Gasteiger partial charge in [-0.05, 0) is 37.2 Å². The van der Waals surface area contributed by atoms with E-state index >= 15 is 0 Å². The average Bonchev–Trinajstić information content (AvgIpc) is 2.80. The van der Waals surface area contributed by atoms with Crippen LogP contribution in [0.5, 0.6) is 0 Å². The molecule has 2 bridgehead atoms. The highest BCUT2D eigenvalue weighted by molar-refractivity contribution is 5.89. The van der Waals surface area contributed by atoms with Crippen molar-refractivity contribution in [2.75, 3.05) is 0 Å². The molecular formula is C14H20O. The zero-order valence-corrected chi connectivity index (χ0v) is 9.75. The van der Waals surface area contributed by atoms with Gasteiger partial charge >= 0.3 is 0 Å². The summed E-state index contributed by atoms with van der Waals surface area (Å²) in [5.41, 5.74) is 1.47. The average molecular weight is 204 g/mol. The molecule has 0 unspecified atom stereocenters. The summed E-state index contributed by atoms with van der Waals surface area (Å²) in [6.45, 7) is 8.39. The summed E-state index contributed by atoms with van der Waals surface area (Å²) in [7, 11) is 0. The van der Waals surface area contributed by atoms with E-state index in [-0.39, 0.29) is 11.2 Å². The van der Waals surface area contributed by atoms with Gasteiger partial charge < -0.3 is 0 Å². The van der Waals surface area contributed by atoms with E-state index in [1.807, 2.05) is 6.92 Å². The SMILES string of the molecule is C=C1[C@@H]2CC[C@@H](C2)[C@@]1(C)/C=C/C(=O)CC. The van der Waals surface area contributed by atoms with Gasteiger partial charge in [0.1, 0.15) is 0 Å². The third-order valence-electron chi connectivity index (χ3n) is 4.43. The molecule has 0 aliphatic heterocycles. The third-order valence-corrected chi connectivity index (χ3v) is 4.43. The van der Waals surface area contributed by atoms with Gasteiger partial charge in [-0.1, -0.05) is 32.1 Å². The molecule has 2 fully saturated rings. The lowest BCUT2D eigenvalue weighted by molar-refractivity contribution is -0.114. The maximum Gasteiger partial charge on any atom is 0.155 e. The van der Waals surface area contributed by atoms with Crippen LogP contribution in [-0.2, 0) is 4.79 Å². The monoisotopic (exact) mass is 204 g/mol. The van der Waals surface area contributed by atoms with E-state index in [0.717, 1.165) is 11.8 Å². The van der Waals surface area contributed by atoms with Crippen molar-refractivity contribution in [2.24, 2.45) is 17.3 Å². The minimum Gasteiger partial charge on any atom is -0.295 e. The molecule has 2 rings (SSSR count). The van der Waals surface area contributed by atoms with Crippen molar-refractivity contribution in [3.8, 4) is 0 Å². The van der Waals surface area contributed by atoms with Gasteiger partial charge in [-0.3, -0.25) is 4.79 Å². The van der Waals surface area contributed by atoms with Gasteiger partial charge in [0.2, 0.25) is 0 Å². The summed E-state index contributed by atoms with van der Waals surface area (Å²) in [5.74, 6) is 1.68. The Balaban J connectivity index is 2.17. The summed E-state index contributed by atoms with van der Waals surface area (Å²) in [4.78, 5) is 11.3. The number of hydrogen-bond acceptors (Lipinski definition) is 1. The van der Waals surface area contributed by atoms with Crippen LogP contribution >= 0.6 is 0 Å². The molecule has 0 heterocycles. The molecule has 0 radical (unpaired) electrons. The molecule has 82 valence electrons. The third kappa shape index (κ3) is 1.58. The fourth-order valence-corrected chi connectivity index (χ4v) is 3.17. The van der Waals surface area contributed by atoms with E-state index < -0.39 is 0 Å². The lowest BCUT2D eigenvalue weighted by Crippen LogP contribution is -2.24. The predicted octanol–water partition coefficient (Wildman–Crippen LogP) is 3.51. The number of ketones is 1. The van der Waals surface area contributed by atoms with E-state index in [2.05, 4.69) is 19.6 Å². The van der Waals surface area contributed by atoms with Crippen LogP contribution in [0.2, 0.25) is 0 Å². The zero-order chi connectivity index (χ0) is 11.1. The molecule has 2 saturated carbocycles. The fourth-order valence-electron chi connectivity index (χ4n) is 3.17. The second kappa shape index (κ2) is 3.62. The Morgan fingerprint density at radius 1 is 1.60 bits per heavy atom. The summed E-state index contributed by atoms with van der Waals surface area (Å²) < 4.78 is 0. The topological polar surface area (TPSA) is 17.1 Å². The Morgan fingerprint density at radius 3 is 2.87 bits per heavy atom. The first kappa shape index (κ1) is 10.7. The first-order chi connectivity index (χ1) is 7.08. The highest BCUT2D eigenvalue weighted by Gasteiger charge is 2.49. The molecule has 2 aliphatic rings. The van der Waals surface area contributed by atoms with Gasteiger partial charge in [0.25, 0.3) is 0 Å². The molecule has 0 N–H and O–H groups in total. The summed E-state index contributed by atoms with van der Waals surface area (Å²) in [5, 5.41) is 0. The molecule has 0 aromatic rings. The Labute approximate surface area is 92.3 Å². The number of fused-ring (bicyclic) bond motifs is 2. The number of rotatable bonds is 3. The Kier molecular flexibility index (Phi) is 2.57. The van der Waals surface area contributed by atoms with Crippen LogP contribution in [0.25, 0.3) is 0 Å². The first-order valence-electron chi connectivity index (χ1n) is 5.99. The van der Waals surface area contributed by atoms with Crippen LogP contribution in [0.3, 0.4) is 0 Å².